The summed E-state index contributed by atoms with van der Waals surface area (Å²) < 4.78 is 31.7. The van der Waals surface area contributed by atoms with E-state index < -0.39 is 18.1 Å². The van der Waals surface area contributed by atoms with Crippen LogP contribution in [0.2, 0.25) is 0 Å². The second kappa shape index (κ2) is 14.3. The first kappa shape index (κ1) is 32.6. The van der Waals surface area contributed by atoms with Gasteiger partial charge in [0.15, 0.2) is 0 Å². The predicted molar refractivity (Wildman–Crippen MR) is 155 cm³/mol. The normalized spacial score (nSPS) is 13.4. The molecule has 1 fully saturated rings. The molecule has 0 radical (unpaired) electrons. The fourth-order valence-corrected chi connectivity index (χ4v) is 4.24. The number of hydrogen-bond donors (Lipinski definition) is 4. The van der Waals surface area contributed by atoms with Gasteiger partial charge in [-0.05, 0) is 56.3 Å². The Morgan fingerprint density at radius 1 is 0.791 bits per heavy atom. The Hall–Kier alpha value is -4.91. The second-order valence-corrected chi connectivity index (χ2v) is 9.84. The van der Waals surface area contributed by atoms with E-state index in [1.165, 1.54) is 6.07 Å². The van der Waals surface area contributed by atoms with E-state index in [0.717, 1.165) is 16.8 Å². The van der Waals surface area contributed by atoms with E-state index in [2.05, 4.69) is 15.5 Å². The maximum Gasteiger partial charge on any atom is 0.490 e. The zero-order chi connectivity index (χ0) is 31.7. The van der Waals surface area contributed by atoms with Crippen molar-refractivity contribution in [2.45, 2.75) is 20.0 Å². The van der Waals surface area contributed by atoms with Gasteiger partial charge in [-0.2, -0.15) is 13.2 Å². The summed E-state index contributed by atoms with van der Waals surface area (Å²) in [6.07, 6.45) is -5.08. The molecule has 0 aliphatic carbocycles. The van der Waals surface area contributed by atoms with Crippen LogP contribution in [0.1, 0.15) is 31.8 Å². The van der Waals surface area contributed by atoms with E-state index in [-0.39, 0.29) is 23.9 Å². The molecule has 0 bridgehead atoms. The van der Waals surface area contributed by atoms with Crippen LogP contribution in [0, 0.1) is 13.8 Å². The van der Waals surface area contributed by atoms with Crippen LogP contribution in [0.15, 0.2) is 66.7 Å². The number of carbonyl (C=O) groups is 4. The number of aliphatic carboxylic acids is 1. The monoisotopic (exact) mass is 600 g/mol. The molecule has 1 aliphatic heterocycles. The number of piperazine rings is 1. The average Bonchev–Trinajstić information content (AvgIpc) is 2.94. The number of amides is 2. The van der Waals surface area contributed by atoms with Gasteiger partial charge in [0.05, 0.1) is 17.8 Å². The predicted octanol–water partition coefficient (Wildman–Crippen LogP) is 4.65. The lowest BCUT2D eigenvalue weighted by Gasteiger charge is -2.36. The van der Waals surface area contributed by atoms with Gasteiger partial charge in [0.2, 0.25) is 5.91 Å². The molecule has 3 aromatic carbocycles. The smallest absolute Gasteiger partial charge is 0.478 e. The first-order valence-electron chi connectivity index (χ1n) is 13.1. The Bertz CT molecular complexity index is 1470. The summed E-state index contributed by atoms with van der Waals surface area (Å²) in [6.45, 7) is 6.62. The Morgan fingerprint density at radius 3 is 1.95 bits per heavy atom. The molecule has 1 aliphatic rings. The van der Waals surface area contributed by atoms with Gasteiger partial charge in [0.1, 0.15) is 0 Å². The molecule has 4 N–H and O–H groups in total. The third-order valence-electron chi connectivity index (χ3n) is 6.42. The Balaban J connectivity index is 0.000000646. The summed E-state index contributed by atoms with van der Waals surface area (Å²) in [7, 11) is 0. The molecule has 0 saturated carbocycles. The molecule has 2 amide bonds. The summed E-state index contributed by atoms with van der Waals surface area (Å²) in [6, 6.07) is 19.8. The zero-order valence-electron chi connectivity index (χ0n) is 23.4. The van der Waals surface area contributed by atoms with Crippen LogP contribution in [-0.4, -0.2) is 77.8 Å². The number of aromatic carboxylic acids is 1. The second-order valence-electron chi connectivity index (χ2n) is 9.84. The molecule has 1 heterocycles. The number of aryl methyl sites for hydroxylation is 2. The third-order valence-corrected chi connectivity index (χ3v) is 6.42. The van der Waals surface area contributed by atoms with Crippen molar-refractivity contribution < 1.29 is 42.6 Å². The lowest BCUT2D eigenvalue weighted by Crippen LogP contribution is -2.49. The molecule has 43 heavy (non-hydrogen) atoms. The number of hydrogen-bond acceptors (Lipinski definition) is 6. The van der Waals surface area contributed by atoms with Gasteiger partial charge < -0.3 is 25.7 Å². The van der Waals surface area contributed by atoms with Crippen LogP contribution in [0.5, 0.6) is 0 Å². The number of carboxylic acid groups (broad SMARTS) is 2. The van der Waals surface area contributed by atoms with Gasteiger partial charge in [-0.25, -0.2) is 9.59 Å². The fourth-order valence-electron chi connectivity index (χ4n) is 4.24. The quantitative estimate of drug-likeness (QED) is 0.308. The maximum absolute atomic E-state index is 12.6. The summed E-state index contributed by atoms with van der Waals surface area (Å²) in [5.41, 5.74) is 4.53. The number of carboxylic acids is 2. The lowest BCUT2D eigenvalue weighted by molar-refractivity contribution is -0.192. The van der Waals surface area contributed by atoms with Crippen molar-refractivity contribution in [3.05, 3.63) is 89.0 Å². The molecule has 3 aromatic rings. The molecule has 0 unspecified atom stereocenters. The average molecular weight is 601 g/mol. The zero-order valence-corrected chi connectivity index (χ0v) is 23.4. The summed E-state index contributed by atoms with van der Waals surface area (Å²) in [4.78, 5) is 50.0. The van der Waals surface area contributed by atoms with Gasteiger partial charge in [-0.1, -0.05) is 35.4 Å². The highest BCUT2D eigenvalue weighted by atomic mass is 19.4. The van der Waals surface area contributed by atoms with Crippen molar-refractivity contribution in [3.63, 3.8) is 0 Å². The van der Waals surface area contributed by atoms with Gasteiger partial charge in [0.25, 0.3) is 5.91 Å². The van der Waals surface area contributed by atoms with E-state index in [0.29, 0.717) is 43.1 Å². The Labute approximate surface area is 245 Å². The molecule has 0 aromatic heterocycles. The first-order chi connectivity index (χ1) is 20.2. The maximum atomic E-state index is 12.6. The number of carbonyl (C=O) groups excluding carboxylic acids is 2. The van der Waals surface area contributed by atoms with Gasteiger partial charge in [-0.3, -0.25) is 14.5 Å². The minimum Gasteiger partial charge on any atom is -0.478 e. The van der Waals surface area contributed by atoms with E-state index in [4.69, 9.17) is 9.90 Å². The number of rotatable bonds is 7. The largest absolute Gasteiger partial charge is 0.490 e. The Kier molecular flexibility index (Phi) is 10.9. The SMILES string of the molecule is Cc1ccc(NC(=O)CN2CCN(c3ccc(NC(=O)c4cccc(C)c4)cc3C(=O)O)CC2)cc1.O=C(O)C(F)(F)F. The van der Waals surface area contributed by atoms with Crippen molar-refractivity contribution in [3.8, 4) is 0 Å². The molecular formula is C30H31F3N4O6. The van der Waals surface area contributed by atoms with Gasteiger partial charge in [0, 0.05) is 43.1 Å². The summed E-state index contributed by atoms with van der Waals surface area (Å²) in [5, 5.41) is 22.7. The molecule has 0 spiro atoms. The third kappa shape index (κ3) is 9.85. The number of alkyl halides is 3. The van der Waals surface area contributed by atoms with Crippen molar-refractivity contribution in [2.24, 2.45) is 0 Å². The van der Waals surface area contributed by atoms with Crippen LogP contribution in [-0.2, 0) is 9.59 Å². The van der Waals surface area contributed by atoms with E-state index in [9.17, 15) is 32.7 Å². The van der Waals surface area contributed by atoms with Crippen LogP contribution >= 0.6 is 0 Å². The molecule has 228 valence electrons. The van der Waals surface area contributed by atoms with E-state index in [1.54, 1.807) is 24.3 Å². The van der Waals surface area contributed by atoms with Crippen molar-refractivity contribution >= 4 is 40.8 Å². The standard InChI is InChI=1S/C28H30N4O4.C2HF3O2/c1-19-6-8-22(9-7-19)29-26(33)18-31-12-14-32(15-13-31)25-11-10-23(17-24(25)28(35)36)30-27(34)21-5-3-4-20(2)16-21;3-2(4,5)1(6)7/h3-11,16-17H,12-15,18H2,1-2H3,(H,29,33)(H,30,34)(H,35,36);(H,6,7). The van der Waals surface area contributed by atoms with Crippen LogP contribution < -0.4 is 15.5 Å². The van der Waals surface area contributed by atoms with Gasteiger partial charge in [-0.15, -0.1) is 0 Å². The van der Waals surface area contributed by atoms with Crippen molar-refractivity contribution in [1.82, 2.24) is 4.90 Å². The minimum atomic E-state index is -5.08. The lowest BCUT2D eigenvalue weighted by atomic mass is 10.1. The van der Waals surface area contributed by atoms with Crippen LogP contribution in [0.4, 0.5) is 30.2 Å². The van der Waals surface area contributed by atoms with Gasteiger partial charge >= 0.3 is 18.1 Å². The van der Waals surface area contributed by atoms with E-state index >= 15 is 0 Å². The summed E-state index contributed by atoms with van der Waals surface area (Å²) >= 11 is 0. The molecule has 10 nitrogen and oxygen atoms in total. The molecular weight excluding hydrogens is 569 g/mol. The molecule has 1 saturated heterocycles. The Morgan fingerprint density at radius 2 is 1.40 bits per heavy atom. The minimum absolute atomic E-state index is 0.0766. The van der Waals surface area contributed by atoms with Crippen molar-refractivity contribution in [1.29, 1.82) is 0 Å². The summed E-state index contributed by atoms with van der Waals surface area (Å²) in [5.74, 6) is -4.18. The molecule has 0 atom stereocenters. The van der Waals surface area contributed by atoms with E-state index in [1.807, 2.05) is 55.1 Å². The fraction of sp³-hybridized carbons (Fsp3) is 0.267. The first-order valence-corrected chi connectivity index (χ1v) is 13.1. The van der Waals surface area contributed by atoms with Crippen molar-refractivity contribution in [2.75, 3.05) is 48.3 Å². The molecule has 13 heteroatoms. The van der Waals surface area contributed by atoms with Crippen LogP contribution in [0.3, 0.4) is 0 Å². The van der Waals surface area contributed by atoms with Crippen LogP contribution in [0.25, 0.3) is 0 Å². The molecule has 4 rings (SSSR count). The number of nitrogens with zero attached hydrogens (tertiary/aromatic N) is 2. The highest BCUT2D eigenvalue weighted by Gasteiger charge is 2.38. The number of halogens is 3. The number of anilines is 3. The number of benzene rings is 3. The number of nitrogens with one attached hydrogen (secondary N) is 2. The highest BCUT2D eigenvalue weighted by Crippen LogP contribution is 2.26. The topological polar surface area (TPSA) is 139 Å². The highest BCUT2D eigenvalue weighted by molar-refractivity contribution is 6.05.